The molecule has 0 bridgehead atoms. The molecule has 84 valence electrons. The second kappa shape index (κ2) is 5.07. The van der Waals surface area contributed by atoms with Crippen LogP contribution in [0.2, 0.25) is 0 Å². The van der Waals surface area contributed by atoms with Gasteiger partial charge in [0.1, 0.15) is 5.75 Å². The number of nitrogens with one attached hydrogen (secondary N) is 1. The standard InChI is InChI=1S/C11H15F2NO/c1-7-6-8(4-5-9(7)15-3)10(14-2)11(12)13/h4-6,10-11,14H,1-3H3. The topological polar surface area (TPSA) is 21.3 Å². The van der Waals surface area contributed by atoms with Crippen LogP contribution in [0.1, 0.15) is 17.2 Å². The highest BCUT2D eigenvalue weighted by molar-refractivity contribution is 5.37. The first-order valence-electron chi connectivity index (χ1n) is 4.70. The Balaban J connectivity index is 3.00. The lowest BCUT2D eigenvalue weighted by atomic mass is 10.0. The molecule has 1 unspecified atom stereocenters. The van der Waals surface area contributed by atoms with Crippen molar-refractivity contribution in [3.63, 3.8) is 0 Å². The van der Waals surface area contributed by atoms with E-state index in [1.54, 1.807) is 25.3 Å². The summed E-state index contributed by atoms with van der Waals surface area (Å²) in [7, 11) is 3.08. The van der Waals surface area contributed by atoms with Crippen molar-refractivity contribution in [1.82, 2.24) is 5.32 Å². The number of hydrogen-bond donors (Lipinski definition) is 1. The molecule has 1 N–H and O–H groups in total. The van der Waals surface area contributed by atoms with E-state index >= 15 is 0 Å². The third kappa shape index (κ3) is 2.65. The monoisotopic (exact) mass is 215 g/mol. The zero-order chi connectivity index (χ0) is 11.4. The zero-order valence-electron chi connectivity index (χ0n) is 9.05. The van der Waals surface area contributed by atoms with Crippen molar-refractivity contribution in [3.05, 3.63) is 29.3 Å². The number of aryl methyl sites for hydroxylation is 1. The summed E-state index contributed by atoms with van der Waals surface area (Å²) in [6.07, 6.45) is -2.41. The van der Waals surface area contributed by atoms with Gasteiger partial charge < -0.3 is 10.1 Å². The number of benzene rings is 1. The SMILES string of the molecule is CNC(c1ccc(OC)c(C)c1)C(F)F. The van der Waals surface area contributed by atoms with Crippen molar-refractivity contribution in [3.8, 4) is 5.75 Å². The molecule has 0 saturated heterocycles. The quantitative estimate of drug-likeness (QED) is 0.833. The van der Waals surface area contributed by atoms with E-state index in [1.807, 2.05) is 6.92 Å². The molecule has 0 aromatic heterocycles. The van der Waals surface area contributed by atoms with Gasteiger partial charge >= 0.3 is 0 Å². The van der Waals surface area contributed by atoms with Crippen molar-refractivity contribution in [2.75, 3.05) is 14.2 Å². The first-order valence-corrected chi connectivity index (χ1v) is 4.70. The summed E-state index contributed by atoms with van der Waals surface area (Å²) in [5, 5.41) is 2.59. The molecule has 0 heterocycles. The van der Waals surface area contributed by atoms with E-state index < -0.39 is 12.5 Å². The van der Waals surface area contributed by atoms with E-state index in [0.29, 0.717) is 11.3 Å². The van der Waals surface area contributed by atoms with Crippen LogP contribution in [0, 0.1) is 6.92 Å². The highest BCUT2D eigenvalue weighted by atomic mass is 19.3. The van der Waals surface area contributed by atoms with Crippen molar-refractivity contribution in [1.29, 1.82) is 0 Å². The minimum atomic E-state index is -2.41. The highest BCUT2D eigenvalue weighted by Gasteiger charge is 2.20. The fourth-order valence-electron chi connectivity index (χ4n) is 1.53. The number of halogens is 2. The second-order valence-electron chi connectivity index (χ2n) is 3.33. The molecule has 1 aromatic rings. The summed E-state index contributed by atoms with van der Waals surface area (Å²) < 4.78 is 30.3. The summed E-state index contributed by atoms with van der Waals surface area (Å²) in [5.74, 6) is 0.711. The Morgan fingerprint density at radius 1 is 1.33 bits per heavy atom. The van der Waals surface area contributed by atoms with Crippen LogP contribution in [0.4, 0.5) is 8.78 Å². The maximum absolute atomic E-state index is 12.6. The summed E-state index contributed by atoms with van der Waals surface area (Å²) in [5.41, 5.74) is 1.43. The molecule has 0 aliphatic rings. The molecular weight excluding hydrogens is 200 g/mol. The van der Waals surface area contributed by atoms with Crippen LogP contribution >= 0.6 is 0 Å². The maximum Gasteiger partial charge on any atom is 0.257 e. The fourth-order valence-corrected chi connectivity index (χ4v) is 1.53. The van der Waals surface area contributed by atoms with Crippen LogP contribution in [-0.4, -0.2) is 20.6 Å². The van der Waals surface area contributed by atoms with Crippen LogP contribution < -0.4 is 10.1 Å². The average molecular weight is 215 g/mol. The normalized spacial score (nSPS) is 12.9. The molecule has 0 aliphatic heterocycles. The predicted octanol–water partition coefficient (Wildman–Crippen LogP) is 2.53. The molecule has 0 amide bonds. The Kier molecular flexibility index (Phi) is 4.03. The molecule has 0 fully saturated rings. The lowest BCUT2D eigenvalue weighted by Gasteiger charge is -2.16. The lowest BCUT2D eigenvalue weighted by molar-refractivity contribution is 0.102. The molecule has 0 spiro atoms. The van der Waals surface area contributed by atoms with Gasteiger partial charge in [0.05, 0.1) is 13.2 Å². The second-order valence-corrected chi connectivity index (χ2v) is 3.33. The number of ether oxygens (including phenoxy) is 1. The Morgan fingerprint density at radius 2 is 2.00 bits per heavy atom. The van der Waals surface area contributed by atoms with E-state index in [0.717, 1.165) is 5.56 Å². The number of alkyl halides is 2. The van der Waals surface area contributed by atoms with Crippen LogP contribution in [0.15, 0.2) is 18.2 Å². The maximum atomic E-state index is 12.6. The average Bonchev–Trinajstić information content (AvgIpc) is 2.18. The minimum Gasteiger partial charge on any atom is -0.496 e. The Hall–Kier alpha value is -1.16. The van der Waals surface area contributed by atoms with Crippen LogP contribution in [-0.2, 0) is 0 Å². The van der Waals surface area contributed by atoms with Gasteiger partial charge in [-0.3, -0.25) is 0 Å². The third-order valence-corrected chi connectivity index (χ3v) is 2.34. The van der Waals surface area contributed by atoms with E-state index in [1.165, 1.54) is 7.05 Å². The van der Waals surface area contributed by atoms with Gasteiger partial charge in [0.25, 0.3) is 6.43 Å². The highest BCUT2D eigenvalue weighted by Crippen LogP contribution is 2.25. The Labute approximate surface area is 88.3 Å². The van der Waals surface area contributed by atoms with Crippen molar-refractivity contribution in [2.45, 2.75) is 19.4 Å². The molecule has 1 aromatic carbocycles. The molecule has 1 atom stereocenters. The first kappa shape index (κ1) is 11.9. The third-order valence-electron chi connectivity index (χ3n) is 2.34. The molecule has 1 rings (SSSR count). The number of methoxy groups -OCH3 is 1. The van der Waals surface area contributed by atoms with Gasteiger partial charge in [-0.25, -0.2) is 8.78 Å². The molecular formula is C11H15F2NO. The van der Waals surface area contributed by atoms with E-state index in [9.17, 15) is 8.78 Å². The summed E-state index contributed by atoms with van der Waals surface area (Å²) in [6, 6.07) is 4.15. The molecule has 0 radical (unpaired) electrons. The molecule has 0 aliphatic carbocycles. The van der Waals surface area contributed by atoms with Gasteiger partial charge in [-0.05, 0) is 31.2 Å². The van der Waals surface area contributed by atoms with Gasteiger partial charge in [-0.2, -0.15) is 0 Å². The van der Waals surface area contributed by atoms with Crippen LogP contribution in [0.3, 0.4) is 0 Å². The summed E-state index contributed by atoms with van der Waals surface area (Å²) >= 11 is 0. The summed E-state index contributed by atoms with van der Waals surface area (Å²) in [6.45, 7) is 1.83. The minimum absolute atomic E-state index is 0.575. The molecule has 0 saturated carbocycles. The van der Waals surface area contributed by atoms with Crippen molar-refractivity contribution in [2.24, 2.45) is 0 Å². The van der Waals surface area contributed by atoms with Crippen molar-refractivity contribution < 1.29 is 13.5 Å². The van der Waals surface area contributed by atoms with Crippen LogP contribution in [0.5, 0.6) is 5.75 Å². The Bertz CT molecular complexity index is 328. The molecule has 2 nitrogen and oxygen atoms in total. The van der Waals surface area contributed by atoms with Gasteiger partial charge in [0.15, 0.2) is 0 Å². The van der Waals surface area contributed by atoms with Gasteiger partial charge in [0, 0.05) is 0 Å². The number of rotatable bonds is 4. The molecule has 15 heavy (non-hydrogen) atoms. The van der Waals surface area contributed by atoms with E-state index in [2.05, 4.69) is 5.32 Å². The zero-order valence-corrected chi connectivity index (χ0v) is 9.05. The summed E-state index contributed by atoms with van der Waals surface area (Å²) in [4.78, 5) is 0. The first-order chi connectivity index (χ1) is 7.10. The number of hydrogen-bond acceptors (Lipinski definition) is 2. The lowest BCUT2D eigenvalue weighted by Crippen LogP contribution is -2.23. The van der Waals surface area contributed by atoms with Gasteiger partial charge in [0.2, 0.25) is 0 Å². The smallest absolute Gasteiger partial charge is 0.257 e. The fraction of sp³-hybridized carbons (Fsp3) is 0.455. The largest absolute Gasteiger partial charge is 0.496 e. The molecule has 4 heteroatoms. The van der Waals surface area contributed by atoms with Gasteiger partial charge in [-0.1, -0.05) is 12.1 Å². The van der Waals surface area contributed by atoms with Crippen molar-refractivity contribution >= 4 is 0 Å². The Morgan fingerprint density at radius 3 is 2.40 bits per heavy atom. The van der Waals surface area contributed by atoms with Crippen LogP contribution in [0.25, 0.3) is 0 Å². The predicted molar refractivity (Wildman–Crippen MR) is 55.5 cm³/mol. The van der Waals surface area contributed by atoms with Gasteiger partial charge in [-0.15, -0.1) is 0 Å². The van der Waals surface area contributed by atoms with E-state index in [-0.39, 0.29) is 0 Å². The van der Waals surface area contributed by atoms with E-state index in [4.69, 9.17) is 4.74 Å².